The van der Waals surface area contributed by atoms with Crippen LogP contribution in [0.15, 0.2) is 60.7 Å². The fourth-order valence-corrected chi connectivity index (χ4v) is 4.51. The molecule has 0 bridgehead atoms. The van der Waals surface area contributed by atoms with Gasteiger partial charge in [-0.25, -0.2) is 4.39 Å². The van der Waals surface area contributed by atoms with Crippen LogP contribution < -0.4 is 10.2 Å². The van der Waals surface area contributed by atoms with E-state index in [4.69, 9.17) is 0 Å². The maximum absolute atomic E-state index is 13.4. The molecular formula is C28H30FN3O3. The zero-order chi connectivity index (χ0) is 25.1. The molecule has 1 N–H and O–H groups in total. The molecule has 1 aliphatic heterocycles. The largest absolute Gasteiger partial charge is 0.352 e. The molecule has 182 valence electrons. The van der Waals surface area contributed by atoms with Gasteiger partial charge in [0.1, 0.15) is 11.9 Å². The van der Waals surface area contributed by atoms with Gasteiger partial charge in [0, 0.05) is 36.5 Å². The van der Waals surface area contributed by atoms with Crippen LogP contribution in [0.5, 0.6) is 0 Å². The molecule has 0 saturated carbocycles. The Kier molecular flexibility index (Phi) is 7.15. The van der Waals surface area contributed by atoms with Gasteiger partial charge in [0.25, 0.3) is 5.91 Å². The van der Waals surface area contributed by atoms with E-state index in [1.165, 1.54) is 17.0 Å². The van der Waals surface area contributed by atoms with Crippen LogP contribution in [-0.2, 0) is 16.1 Å². The Morgan fingerprint density at radius 2 is 1.69 bits per heavy atom. The Bertz CT molecular complexity index is 1250. The number of hydrogen-bond acceptors (Lipinski definition) is 3. The third-order valence-electron chi connectivity index (χ3n) is 6.29. The van der Waals surface area contributed by atoms with Gasteiger partial charge >= 0.3 is 0 Å². The van der Waals surface area contributed by atoms with Gasteiger partial charge < -0.3 is 15.1 Å². The van der Waals surface area contributed by atoms with E-state index in [1.807, 2.05) is 50.2 Å². The molecule has 4 rings (SSSR count). The number of benzene rings is 3. The van der Waals surface area contributed by atoms with Crippen LogP contribution in [0.1, 0.15) is 49.5 Å². The summed E-state index contributed by atoms with van der Waals surface area (Å²) in [5, 5.41) is 4.82. The van der Waals surface area contributed by atoms with Crippen molar-refractivity contribution in [3.63, 3.8) is 0 Å². The van der Waals surface area contributed by atoms with Crippen LogP contribution in [0, 0.1) is 5.82 Å². The molecule has 0 spiro atoms. The van der Waals surface area contributed by atoms with E-state index in [-0.39, 0.29) is 42.5 Å². The summed E-state index contributed by atoms with van der Waals surface area (Å²) >= 11 is 0. The fourth-order valence-electron chi connectivity index (χ4n) is 4.51. The molecule has 1 aliphatic rings. The summed E-state index contributed by atoms with van der Waals surface area (Å²) in [6, 6.07) is 16.7. The topological polar surface area (TPSA) is 69.7 Å². The SMILES string of the molecule is CC(C)NC(=O)C(C)N(Cc1ccc(F)cc1)C(=O)CCCN1C(=O)c2cccc3cccc1c23. The molecule has 3 amide bonds. The van der Waals surface area contributed by atoms with E-state index in [9.17, 15) is 18.8 Å². The summed E-state index contributed by atoms with van der Waals surface area (Å²) < 4.78 is 13.4. The lowest BCUT2D eigenvalue weighted by atomic mass is 10.1. The number of halogens is 1. The average Bonchev–Trinajstić information content (AvgIpc) is 3.11. The van der Waals surface area contributed by atoms with Crippen LogP contribution in [0.2, 0.25) is 0 Å². The fraction of sp³-hybridized carbons (Fsp3) is 0.321. The number of hydrogen-bond donors (Lipinski definition) is 1. The monoisotopic (exact) mass is 475 g/mol. The van der Waals surface area contributed by atoms with Crippen molar-refractivity contribution in [1.29, 1.82) is 0 Å². The highest BCUT2D eigenvalue weighted by Gasteiger charge is 2.30. The second-order valence-electron chi connectivity index (χ2n) is 9.23. The third-order valence-corrected chi connectivity index (χ3v) is 6.29. The van der Waals surface area contributed by atoms with Gasteiger partial charge in [0.05, 0.1) is 5.69 Å². The molecule has 1 unspecified atom stereocenters. The molecule has 35 heavy (non-hydrogen) atoms. The molecule has 1 heterocycles. The zero-order valence-electron chi connectivity index (χ0n) is 20.3. The first-order valence-electron chi connectivity index (χ1n) is 11.9. The highest BCUT2D eigenvalue weighted by Crippen LogP contribution is 2.37. The van der Waals surface area contributed by atoms with Gasteiger partial charge in [-0.15, -0.1) is 0 Å². The Hall–Kier alpha value is -3.74. The standard InChI is InChI=1S/C28H30FN3O3/c1-18(2)30-27(34)19(3)32(17-20-12-14-22(29)15-13-20)25(33)11-6-16-31-24-10-5-8-21-7-4-9-23(26(21)24)28(31)35/h4-5,7-10,12-15,18-19H,6,11,16-17H2,1-3H3,(H,30,34). The minimum absolute atomic E-state index is 0.0572. The van der Waals surface area contributed by atoms with E-state index in [0.717, 1.165) is 22.0 Å². The quantitative estimate of drug-likeness (QED) is 0.489. The molecule has 0 fully saturated rings. The van der Waals surface area contributed by atoms with Crippen LogP contribution in [0.25, 0.3) is 10.8 Å². The van der Waals surface area contributed by atoms with Crippen LogP contribution in [0.3, 0.4) is 0 Å². The first kappa shape index (κ1) is 24.4. The van der Waals surface area contributed by atoms with Crippen LogP contribution in [-0.4, -0.2) is 41.2 Å². The Morgan fingerprint density at radius 3 is 2.37 bits per heavy atom. The molecule has 6 nitrogen and oxygen atoms in total. The van der Waals surface area contributed by atoms with E-state index in [0.29, 0.717) is 18.5 Å². The van der Waals surface area contributed by atoms with Crippen LogP contribution in [0.4, 0.5) is 10.1 Å². The van der Waals surface area contributed by atoms with E-state index in [1.54, 1.807) is 24.0 Å². The Labute approximate surface area is 204 Å². The summed E-state index contributed by atoms with van der Waals surface area (Å²) in [4.78, 5) is 42.2. The summed E-state index contributed by atoms with van der Waals surface area (Å²) in [6.45, 7) is 6.01. The normalized spacial score (nSPS) is 13.4. The number of rotatable bonds is 9. The van der Waals surface area contributed by atoms with Gasteiger partial charge in [-0.3, -0.25) is 14.4 Å². The van der Waals surface area contributed by atoms with Crippen molar-refractivity contribution < 1.29 is 18.8 Å². The van der Waals surface area contributed by atoms with E-state index in [2.05, 4.69) is 5.32 Å². The predicted octanol–water partition coefficient (Wildman–Crippen LogP) is 4.66. The number of nitrogens with one attached hydrogen (secondary N) is 1. The van der Waals surface area contributed by atoms with Gasteiger partial charge in [-0.2, -0.15) is 0 Å². The van der Waals surface area contributed by atoms with Gasteiger partial charge in [-0.1, -0.05) is 36.4 Å². The lowest BCUT2D eigenvalue weighted by Gasteiger charge is -2.29. The molecule has 0 radical (unpaired) electrons. The van der Waals surface area contributed by atoms with Crippen molar-refractivity contribution in [2.75, 3.05) is 11.4 Å². The molecule has 0 saturated heterocycles. The van der Waals surface area contributed by atoms with Crippen molar-refractivity contribution >= 4 is 34.2 Å². The number of anilines is 1. The predicted molar refractivity (Wildman–Crippen MR) is 135 cm³/mol. The average molecular weight is 476 g/mol. The molecule has 7 heteroatoms. The third kappa shape index (κ3) is 5.19. The number of nitrogens with zero attached hydrogens (tertiary/aromatic N) is 2. The second kappa shape index (κ2) is 10.3. The van der Waals surface area contributed by atoms with Crippen molar-refractivity contribution in [2.24, 2.45) is 0 Å². The van der Waals surface area contributed by atoms with Crippen molar-refractivity contribution in [3.8, 4) is 0 Å². The van der Waals surface area contributed by atoms with Crippen molar-refractivity contribution in [1.82, 2.24) is 10.2 Å². The first-order chi connectivity index (χ1) is 16.8. The molecule has 0 aromatic heterocycles. The second-order valence-corrected chi connectivity index (χ2v) is 9.23. The number of amides is 3. The molecule has 3 aromatic rings. The van der Waals surface area contributed by atoms with Crippen molar-refractivity contribution in [2.45, 2.75) is 52.2 Å². The summed E-state index contributed by atoms with van der Waals surface area (Å²) in [5.74, 6) is -0.851. The van der Waals surface area contributed by atoms with Gasteiger partial charge in [0.15, 0.2) is 0 Å². The maximum atomic E-state index is 13.4. The van der Waals surface area contributed by atoms with Gasteiger partial charge in [-0.05, 0) is 62.4 Å². The highest BCUT2D eigenvalue weighted by atomic mass is 19.1. The van der Waals surface area contributed by atoms with Crippen LogP contribution >= 0.6 is 0 Å². The van der Waals surface area contributed by atoms with Crippen molar-refractivity contribution in [3.05, 3.63) is 77.6 Å². The van der Waals surface area contributed by atoms with E-state index < -0.39 is 6.04 Å². The first-order valence-corrected chi connectivity index (χ1v) is 11.9. The maximum Gasteiger partial charge on any atom is 0.258 e. The zero-order valence-corrected chi connectivity index (χ0v) is 20.3. The lowest BCUT2D eigenvalue weighted by Crippen LogP contribution is -2.49. The lowest BCUT2D eigenvalue weighted by molar-refractivity contribution is -0.140. The van der Waals surface area contributed by atoms with Gasteiger partial charge in [0.2, 0.25) is 11.8 Å². The minimum Gasteiger partial charge on any atom is -0.352 e. The highest BCUT2D eigenvalue weighted by molar-refractivity contribution is 6.25. The summed E-state index contributed by atoms with van der Waals surface area (Å²) in [5.41, 5.74) is 2.28. The Balaban J connectivity index is 1.46. The smallest absolute Gasteiger partial charge is 0.258 e. The molecule has 0 aliphatic carbocycles. The number of carbonyl (C=O) groups is 3. The van der Waals surface area contributed by atoms with E-state index >= 15 is 0 Å². The number of carbonyl (C=O) groups excluding carboxylic acids is 3. The molecule has 3 aromatic carbocycles. The Morgan fingerprint density at radius 1 is 1.00 bits per heavy atom. The molecular weight excluding hydrogens is 445 g/mol. The summed E-state index contributed by atoms with van der Waals surface area (Å²) in [6.07, 6.45) is 0.629. The molecule has 1 atom stereocenters. The summed E-state index contributed by atoms with van der Waals surface area (Å²) in [7, 11) is 0. The minimum atomic E-state index is -0.693.